The molecule has 1 unspecified atom stereocenters. The first kappa shape index (κ1) is 18.3. The summed E-state index contributed by atoms with van der Waals surface area (Å²) in [5.74, 6) is -0.575. The van der Waals surface area contributed by atoms with Crippen molar-refractivity contribution in [3.8, 4) is 11.3 Å². The molecule has 0 saturated carbocycles. The van der Waals surface area contributed by atoms with Gasteiger partial charge in [-0.15, -0.1) is 0 Å². The van der Waals surface area contributed by atoms with Crippen molar-refractivity contribution in [1.82, 2.24) is 10.3 Å². The second-order valence-electron chi connectivity index (χ2n) is 5.11. The van der Waals surface area contributed by atoms with Crippen LogP contribution in [0.25, 0.3) is 11.3 Å². The minimum absolute atomic E-state index is 0.0814. The van der Waals surface area contributed by atoms with Gasteiger partial charge in [0.2, 0.25) is 5.91 Å². The van der Waals surface area contributed by atoms with Gasteiger partial charge in [-0.25, -0.2) is 9.78 Å². The predicted molar refractivity (Wildman–Crippen MR) is 90.1 cm³/mol. The summed E-state index contributed by atoms with van der Waals surface area (Å²) < 4.78 is 5.58. The minimum Gasteiger partial charge on any atom is -0.480 e. The number of halogens is 2. The molecule has 2 rings (SSSR count). The fourth-order valence-electron chi connectivity index (χ4n) is 2.07. The van der Waals surface area contributed by atoms with Gasteiger partial charge in [0.15, 0.2) is 11.7 Å². The number of benzene rings is 1. The number of hydrogen-bond acceptors (Lipinski definition) is 4. The van der Waals surface area contributed by atoms with Crippen LogP contribution in [-0.4, -0.2) is 28.0 Å². The summed E-state index contributed by atoms with van der Waals surface area (Å²) in [4.78, 5) is 26.8. The lowest BCUT2D eigenvalue weighted by Gasteiger charge is -2.11. The SMILES string of the molecule is CCC(NC(=O)CCc1ncc(-c2ccc(Cl)cc2Cl)o1)C(=O)O. The average Bonchev–Trinajstić information content (AvgIpc) is 2.99. The van der Waals surface area contributed by atoms with Crippen LogP contribution in [0, 0.1) is 0 Å². The normalized spacial score (nSPS) is 12.0. The van der Waals surface area contributed by atoms with E-state index in [0.29, 0.717) is 33.7 Å². The quantitative estimate of drug-likeness (QED) is 0.776. The molecule has 128 valence electrons. The van der Waals surface area contributed by atoms with Crippen LogP contribution in [0.3, 0.4) is 0 Å². The van der Waals surface area contributed by atoms with Crippen molar-refractivity contribution in [3.05, 3.63) is 40.3 Å². The molecule has 0 saturated heterocycles. The summed E-state index contributed by atoms with van der Waals surface area (Å²) in [7, 11) is 0. The zero-order valence-electron chi connectivity index (χ0n) is 12.9. The molecular formula is C16H16Cl2N2O4. The molecule has 1 aromatic heterocycles. The number of aryl methyl sites for hydroxylation is 1. The summed E-state index contributed by atoms with van der Waals surface area (Å²) in [5.41, 5.74) is 0.654. The number of aromatic nitrogens is 1. The van der Waals surface area contributed by atoms with E-state index < -0.39 is 12.0 Å². The number of rotatable bonds is 7. The predicted octanol–water partition coefficient (Wildman–Crippen LogP) is 3.56. The van der Waals surface area contributed by atoms with Gasteiger partial charge in [0.05, 0.1) is 11.2 Å². The maximum Gasteiger partial charge on any atom is 0.326 e. The molecule has 2 aromatic rings. The van der Waals surface area contributed by atoms with Crippen molar-refractivity contribution in [2.45, 2.75) is 32.2 Å². The maximum absolute atomic E-state index is 11.8. The topological polar surface area (TPSA) is 92.4 Å². The van der Waals surface area contributed by atoms with Gasteiger partial charge in [-0.3, -0.25) is 4.79 Å². The van der Waals surface area contributed by atoms with E-state index >= 15 is 0 Å². The van der Waals surface area contributed by atoms with Gasteiger partial charge in [-0.1, -0.05) is 30.1 Å². The Hall–Kier alpha value is -2.05. The number of nitrogens with one attached hydrogen (secondary N) is 1. The second-order valence-corrected chi connectivity index (χ2v) is 5.95. The number of nitrogens with zero attached hydrogens (tertiary/aromatic N) is 1. The van der Waals surface area contributed by atoms with Gasteiger partial charge in [-0.05, 0) is 24.6 Å². The van der Waals surface area contributed by atoms with Gasteiger partial charge in [0.1, 0.15) is 6.04 Å². The molecule has 0 fully saturated rings. The fraction of sp³-hybridized carbons (Fsp3) is 0.312. The summed E-state index contributed by atoms with van der Waals surface area (Å²) in [5, 5.41) is 12.3. The average molecular weight is 371 g/mol. The van der Waals surface area contributed by atoms with E-state index in [-0.39, 0.29) is 18.7 Å². The molecule has 1 aromatic carbocycles. The first-order valence-corrected chi connectivity index (χ1v) is 8.08. The van der Waals surface area contributed by atoms with Gasteiger partial charge in [-0.2, -0.15) is 0 Å². The first-order valence-electron chi connectivity index (χ1n) is 7.33. The van der Waals surface area contributed by atoms with E-state index in [1.165, 1.54) is 6.20 Å². The lowest BCUT2D eigenvalue weighted by Crippen LogP contribution is -2.40. The maximum atomic E-state index is 11.8. The molecule has 0 spiro atoms. The van der Waals surface area contributed by atoms with E-state index in [2.05, 4.69) is 10.3 Å². The van der Waals surface area contributed by atoms with E-state index in [4.69, 9.17) is 32.7 Å². The second kappa shape index (κ2) is 8.17. The van der Waals surface area contributed by atoms with Crippen LogP contribution >= 0.6 is 23.2 Å². The lowest BCUT2D eigenvalue weighted by molar-refractivity contribution is -0.141. The molecular weight excluding hydrogens is 355 g/mol. The van der Waals surface area contributed by atoms with Crippen molar-refractivity contribution in [2.75, 3.05) is 0 Å². The molecule has 1 atom stereocenters. The Balaban J connectivity index is 1.97. The minimum atomic E-state index is -1.05. The molecule has 8 heteroatoms. The summed E-state index contributed by atoms with van der Waals surface area (Å²) in [6.45, 7) is 1.69. The fourth-order valence-corrected chi connectivity index (χ4v) is 2.57. The number of amides is 1. The van der Waals surface area contributed by atoms with Crippen molar-refractivity contribution in [2.24, 2.45) is 0 Å². The van der Waals surface area contributed by atoms with E-state index in [0.717, 1.165) is 0 Å². The van der Waals surface area contributed by atoms with Crippen LogP contribution < -0.4 is 5.32 Å². The molecule has 0 aliphatic rings. The van der Waals surface area contributed by atoms with Gasteiger partial charge < -0.3 is 14.8 Å². The number of carbonyl (C=O) groups is 2. The highest BCUT2D eigenvalue weighted by atomic mass is 35.5. The number of hydrogen-bond donors (Lipinski definition) is 2. The lowest BCUT2D eigenvalue weighted by atomic mass is 10.2. The Morgan fingerprint density at radius 3 is 2.75 bits per heavy atom. The molecule has 24 heavy (non-hydrogen) atoms. The first-order chi connectivity index (χ1) is 11.4. The van der Waals surface area contributed by atoms with Crippen LogP contribution in [-0.2, 0) is 16.0 Å². The van der Waals surface area contributed by atoms with Crippen LogP contribution in [0.4, 0.5) is 0 Å². The van der Waals surface area contributed by atoms with Crippen molar-refractivity contribution in [3.63, 3.8) is 0 Å². The number of carboxylic acid groups (broad SMARTS) is 1. The van der Waals surface area contributed by atoms with Crippen molar-refractivity contribution < 1.29 is 19.1 Å². The molecule has 2 N–H and O–H groups in total. The summed E-state index contributed by atoms with van der Waals surface area (Å²) in [6.07, 6.45) is 2.18. The van der Waals surface area contributed by atoms with Crippen molar-refractivity contribution in [1.29, 1.82) is 0 Å². The number of aliphatic carboxylic acids is 1. The molecule has 1 heterocycles. The molecule has 6 nitrogen and oxygen atoms in total. The zero-order chi connectivity index (χ0) is 17.7. The standard InChI is InChI=1S/C16H16Cl2N2O4/c1-2-12(16(22)23)20-14(21)5-6-15-19-8-13(24-15)10-4-3-9(17)7-11(10)18/h3-4,7-8,12H,2,5-6H2,1H3,(H,20,21)(H,22,23). The molecule has 0 bridgehead atoms. The Bertz CT molecular complexity index is 745. The third kappa shape index (κ3) is 4.72. The molecule has 0 radical (unpaired) electrons. The van der Waals surface area contributed by atoms with Crippen LogP contribution in [0.2, 0.25) is 10.0 Å². The summed E-state index contributed by atoms with van der Waals surface area (Å²) >= 11 is 12.0. The molecule has 0 aliphatic heterocycles. The zero-order valence-corrected chi connectivity index (χ0v) is 14.4. The highest BCUT2D eigenvalue weighted by Crippen LogP contribution is 2.30. The van der Waals surface area contributed by atoms with Gasteiger partial charge in [0.25, 0.3) is 0 Å². The largest absolute Gasteiger partial charge is 0.480 e. The Morgan fingerprint density at radius 1 is 1.38 bits per heavy atom. The molecule has 1 amide bonds. The van der Waals surface area contributed by atoms with Gasteiger partial charge in [0, 0.05) is 23.4 Å². The van der Waals surface area contributed by atoms with Crippen LogP contribution in [0.5, 0.6) is 0 Å². The Morgan fingerprint density at radius 2 is 2.12 bits per heavy atom. The number of carboxylic acids is 1. The smallest absolute Gasteiger partial charge is 0.326 e. The van der Waals surface area contributed by atoms with Crippen LogP contribution in [0.15, 0.2) is 28.8 Å². The Kier molecular flexibility index (Phi) is 6.23. The van der Waals surface area contributed by atoms with Crippen molar-refractivity contribution >= 4 is 35.1 Å². The monoisotopic (exact) mass is 370 g/mol. The van der Waals surface area contributed by atoms with Crippen LogP contribution in [0.1, 0.15) is 25.7 Å². The number of carbonyl (C=O) groups excluding carboxylic acids is 1. The van der Waals surface area contributed by atoms with E-state index in [1.54, 1.807) is 25.1 Å². The van der Waals surface area contributed by atoms with Gasteiger partial charge >= 0.3 is 5.97 Å². The number of oxazole rings is 1. The third-order valence-electron chi connectivity index (χ3n) is 3.36. The molecule has 0 aliphatic carbocycles. The third-order valence-corrected chi connectivity index (χ3v) is 3.91. The highest BCUT2D eigenvalue weighted by Gasteiger charge is 2.18. The van der Waals surface area contributed by atoms with E-state index in [1.807, 2.05) is 0 Å². The highest BCUT2D eigenvalue weighted by molar-refractivity contribution is 6.36. The Labute approximate surface area is 148 Å². The van der Waals surface area contributed by atoms with E-state index in [9.17, 15) is 9.59 Å². The summed E-state index contributed by atoms with van der Waals surface area (Å²) in [6, 6.07) is 4.13.